The van der Waals surface area contributed by atoms with Gasteiger partial charge in [0.15, 0.2) is 5.17 Å². The minimum Gasteiger partial charge on any atom is -0.334 e. The molecule has 1 spiro atoms. The zero-order chi connectivity index (χ0) is 13.3. The molecule has 1 aliphatic heterocycles. The van der Waals surface area contributed by atoms with Crippen LogP contribution in [0.25, 0.3) is 0 Å². The number of benzene rings is 1. The van der Waals surface area contributed by atoms with E-state index >= 15 is 0 Å². The van der Waals surface area contributed by atoms with Gasteiger partial charge in [0.1, 0.15) is 0 Å². The molecular weight excluding hydrogens is 391 g/mol. The van der Waals surface area contributed by atoms with E-state index < -0.39 is 0 Å². The van der Waals surface area contributed by atoms with Gasteiger partial charge in [-0.2, -0.15) is 0 Å². The van der Waals surface area contributed by atoms with Gasteiger partial charge in [-0.15, -0.1) is 0 Å². The van der Waals surface area contributed by atoms with Gasteiger partial charge < -0.3 is 5.32 Å². The molecule has 1 saturated carbocycles. The van der Waals surface area contributed by atoms with Crippen molar-refractivity contribution in [2.24, 2.45) is 10.4 Å². The lowest BCUT2D eigenvalue weighted by atomic mass is 9.89. The molecule has 0 aromatic heterocycles. The van der Waals surface area contributed by atoms with Crippen molar-refractivity contribution in [3.05, 3.63) is 26.8 Å². The first-order valence-corrected chi connectivity index (χ1v) is 9.01. The summed E-state index contributed by atoms with van der Waals surface area (Å²) in [5.74, 6) is 1.21. The second-order valence-corrected chi connectivity index (χ2v) is 7.93. The topological polar surface area (TPSA) is 24.4 Å². The maximum atomic E-state index is 5.97. The van der Waals surface area contributed by atoms with Crippen LogP contribution in [0.2, 0.25) is 5.02 Å². The van der Waals surface area contributed by atoms with Crippen molar-refractivity contribution in [1.82, 2.24) is 0 Å². The summed E-state index contributed by atoms with van der Waals surface area (Å²) in [6, 6.07) is 5.91. The van der Waals surface area contributed by atoms with Crippen LogP contribution >= 0.6 is 46.0 Å². The SMILES string of the molecule is Clc1ccc(NC2=NCC3(CCCC3)CS2)c(I)c1. The number of thioether (sulfide) groups is 1. The van der Waals surface area contributed by atoms with Gasteiger partial charge in [0.2, 0.25) is 0 Å². The van der Waals surface area contributed by atoms with Gasteiger partial charge in [0.05, 0.1) is 5.69 Å². The molecule has 2 aliphatic rings. The van der Waals surface area contributed by atoms with E-state index in [9.17, 15) is 0 Å². The Bertz CT molecular complexity index is 512. The monoisotopic (exact) mass is 406 g/mol. The summed E-state index contributed by atoms with van der Waals surface area (Å²) in [6.07, 6.45) is 5.48. The fraction of sp³-hybridized carbons (Fsp3) is 0.500. The minimum absolute atomic E-state index is 0.503. The maximum absolute atomic E-state index is 5.97. The highest BCUT2D eigenvalue weighted by Crippen LogP contribution is 2.43. The second kappa shape index (κ2) is 5.82. The lowest BCUT2D eigenvalue weighted by molar-refractivity contribution is 0.359. The van der Waals surface area contributed by atoms with Crippen LogP contribution in [0.5, 0.6) is 0 Å². The van der Waals surface area contributed by atoms with Crippen LogP contribution in [-0.4, -0.2) is 17.5 Å². The second-order valence-electron chi connectivity index (χ2n) is 5.37. The van der Waals surface area contributed by atoms with E-state index in [-0.39, 0.29) is 0 Å². The Morgan fingerprint density at radius 1 is 1.32 bits per heavy atom. The van der Waals surface area contributed by atoms with Gasteiger partial charge in [-0.25, -0.2) is 0 Å². The molecule has 1 aromatic rings. The number of halogens is 2. The average molecular weight is 407 g/mol. The molecule has 102 valence electrons. The highest BCUT2D eigenvalue weighted by atomic mass is 127. The number of hydrogen-bond donors (Lipinski definition) is 1. The molecular formula is C14H16ClIN2S. The summed E-state index contributed by atoms with van der Waals surface area (Å²) < 4.78 is 1.13. The molecule has 1 N–H and O–H groups in total. The third kappa shape index (κ3) is 3.22. The van der Waals surface area contributed by atoms with E-state index in [2.05, 4.69) is 27.9 Å². The smallest absolute Gasteiger partial charge is 0.161 e. The summed E-state index contributed by atoms with van der Waals surface area (Å²) in [5.41, 5.74) is 1.60. The van der Waals surface area contributed by atoms with Crippen LogP contribution in [0, 0.1) is 8.99 Å². The van der Waals surface area contributed by atoms with Gasteiger partial charge in [0, 0.05) is 20.9 Å². The molecule has 0 atom stereocenters. The summed E-state index contributed by atoms with van der Waals surface area (Å²) >= 11 is 10.1. The molecule has 1 heterocycles. The third-order valence-electron chi connectivity index (χ3n) is 3.91. The van der Waals surface area contributed by atoms with Gasteiger partial charge in [0.25, 0.3) is 0 Å². The van der Waals surface area contributed by atoms with Crippen molar-refractivity contribution in [3.63, 3.8) is 0 Å². The fourth-order valence-corrected chi connectivity index (χ4v) is 4.93. The highest BCUT2D eigenvalue weighted by Gasteiger charge is 2.36. The van der Waals surface area contributed by atoms with E-state index in [4.69, 9.17) is 16.6 Å². The van der Waals surface area contributed by atoms with Crippen LogP contribution in [0.3, 0.4) is 0 Å². The Kier molecular flexibility index (Phi) is 4.29. The van der Waals surface area contributed by atoms with E-state index in [0.717, 1.165) is 26.0 Å². The Hall–Kier alpha value is 0.0600. The normalized spacial score (nSPS) is 21.5. The van der Waals surface area contributed by atoms with Crippen LogP contribution < -0.4 is 5.32 Å². The number of amidine groups is 1. The van der Waals surface area contributed by atoms with Crippen molar-refractivity contribution >= 4 is 56.8 Å². The summed E-state index contributed by atoms with van der Waals surface area (Å²) in [4.78, 5) is 4.76. The van der Waals surface area contributed by atoms with Crippen LogP contribution in [0.1, 0.15) is 25.7 Å². The first-order valence-electron chi connectivity index (χ1n) is 6.56. The quantitative estimate of drug-likeness (QED) is 0.662. The molecule has 1 aromatic carbocycles. The summed E-state index contributed by atoms with van der Waals surface area (Å²) in [5, 5.41) is 5.26. The fourth-order valence-electron chi connectivity index (χ4n) is 2.76. The molecule has 19 heavy (non-hydrogen) atoms. The molecule has 2 nitrogen and oxygen atoms in total. The summed E-state index contributed by atoms with van der Waals surface area (Å²) in [6.45, 7) is 0.993. The van der Waals surface area contributed by atoms with Crippen LogP contribution in [-0.2, 0) is 0 Å². The Morgan fingerprint density at radius 3 is 2.74 bits per heavy atom. The van der Waals surface area contributed by atoms with Gasteiger partial charge >= 0.3 is 0 Å². The summed E-state index contributed by atoms with van der Waals surface area (Å²) in [7, 11) is 0. The van der Waals surface area contributed by atoms with Crippen LogP contribution in [0.4, 0.5) is 5.69 Å². The number of nitrogens with zero attached hydrogens (tertiary/aromatic N) is 1. The van der Waals surface area contributed by atoms with E-state index in [1.54, 1.807) is 0 Å². The van der Waals surface area contributed by atoms with Gasteiger partial charge in [-0.05, 0) is 59.0 Å². The number of aliphatic imine (C=N–C) groups is 1. The van der Waals surface area contributed by atoms with Crippen LogP contribution in [0.15, 0.2) is 23.2 Å². The number of nitrogens with one attached hydrogen (secondary N) is 1. The molecule has 0 bridgehead atoms. The van der Waals surface area contributed by atoms with Crippen molar-refractivity contribution < 1.29 is 0 Å². The molecule has 5 heteroatoms. The van der Waals surface area contributed by atoms with Crippen molar-refractivity contribution in [2.45, 2.75) is 25.7 Å². The number of rotatable bonds is 1. The number of anilines is 1. The Balaban J connectivity index is 1.69. The largest absolute Gasteiger partial charge is 0.334 e. The zero-order valence-electron chi connectivity index (χ0n) is 10.6. The highest BCUT2D eigenvalue weighted by molar-refractivity contribution is 14.1. The average Bonchev–Trinajstić information content (AvgIpc) is 2.84. The lowest BCUT2D eigenvalue weighted by Gasteiger charge is -2.31. The maximum Gasteiger partial charge on any atom is 0.161 e. The van der Waals surface area contributed by atoms with E-state index in [1.165, 1.54) is 31.4 Å². The molecule has 1 fully saturated rings. The first kappa shape index (κ1) is 14.0. The van der Waals surface area contributed by atoms with Crippen molar-refractivity contribution in [2.75, 3.05) is 17.6 Å². The van der Waals surface area contributed by atoms with E-state index in [0.29, 0.717) is 5.41 Å². The van der Waals surface area contributed by atoms with Crippen molar-refractivity contribution in [3.8, 4) is 0 Å². The number of hydrogen-bond acceptors (Lipinski definition) is 3. The predicted octanol–water partition coefficient (Wildman–Crippen LogP) is 5.02. The first-order chi connectivity index (χ1) is 9.17. The molecule has 0 radical (unpaired) electrons. The molecule has 0 saturated heterocycles. The molecule has 3 rings (SSSR count). The standard InChI is InChI=1S/C14H16ClIN2S/c15-10-3-4-12(11(16)7-10)18-13-17-8-14(9-19-13)5-1-2-6-14/h3-4,7H,1-2,5-6,8-9H2,(H,17,18). The zero-order valence-corrected chi connectivity index (χ0v) is 14.3. The van der Waals surface area contributed by atoms with Gasteiger partial charge in [-0.1, -0.05) is 36.2 Å². The molecule has 0 amide bonds. The van der Waals surface area contributed by atoms with Gasteiger partial charge in [-0.3, -0.25) is 4.99 Å². The molecule has 0 unspecified atom stereocenters. The van der Waals surface area contributed by atoms with Crippen molar-refractivity contribution in [1.29, 1.82) is 0 Å². The lowest BCUT2D eigenvalue weighted by Crippen LogP contribution is -2.30. The third-order valence-corrected chi connectivity index (χ3v) is 6.30. The van der Waals surface area contributed by atoms with E-state index in [1.807, 2.05) is 30.0 Å². The predicted molar refractivity (Wildman–Crippen MR) is 93.5 cm³/mol. The Morgan fingerprint density at radius 2 is 2.11 bits per heavy atom. The Labute approximate surface area is 136 Å². The molecule has 1 aliphatic carbocycles. The minimum atomic E-state index is 0.503.